The number of esters is 3. The smallest absolute Gasteiger partial charge is 0.306 e. The van der Waals surface area contributed by atoms with Crippen LogP contribution in [0.4, 0.5) is 0 Å². The number of allylic oxidation sites excluding steroid dienone is 12. The van der Waals surface area contributed by atoms with Gasteiger partial charge in [0.15, 0.2) is 6.10 Å². The number of rotatable bonds is 53. The Labute approximate surface area is 427 Å². The molecule has 0 aromatic heterocycles. The van der Waals surface area contributed by atoms with Crippen molar-refractivity contribution in [2.45, 2.75) is 297 Å². The molecule has 0 N–H and O–H groups in total. The SMILES string of the molecule is CCCCC/C=C\C/C=C\CCCCCCCC(=O)OCC(COC(=O)CCCCCCCCCCC/C=C\C/C=C\CCCCCCC)OC(=O)CCCCCCC/C=C\C/C=C\CCCCC. The van der Waals surface area contributed by atoms with Crippen molar-refractivity contribution >= 4 is 17.9 Å². The van der Waals surface area contributed by atoms with Gasteiger partial charge >= 0.3 is 17.9 Å². The lowest BCUT2D eigenvalue weighted by molar-refractivity contribution is -0.167. The molecule has 0 aliphatic heterocycles. The predicted octanol–water partition coefficient (Wildman–Crippen LogP) is 19.8. The molecule has 0 aromatic rings. The van der Waals surface area contributed by atoms with Gasteiger partial charge in [-0.1, -0.05) is 229 Å². The molecule has 6 heteroatoms. The van der Waals surface area contributed by atoms with Gasteiger partial charge in [-0.25, -0.2) is 0 Å². The Morgan fingerprint density at radius 1 is 0.290 bits per heavy atom. The fraction of sp³-hybridized carbons (Fsp3) is 0.762. The highest BCUT2D eigenvalue weighted by Gasteiger charge is 2.19. The fourth-order valence-electron chi connectivity index (χ4n) is 8.18. The van der Waals surface area contributed by atoms with E-state index in [-0.39, 0.29) is 31.1 Å². The third-order valence-electron chi connectivity index (χ3n) is 12.7. The Morgan fingerprint density at radius 2 is 0.522 bits per heavy atom. The van der Waals surface area contributed by atoms with Crippen molar-refractivity contribution in [3.8, 4) is 0 Å². The van der Waals surface area contributed by atoms with Crippen LogP contribution in [0.15, 0.2) is 72.9 Å². The molecule has 0 amide bonds. The molecule has 0 radical (unpaired) electrons. The molecule has 0 saturated heterocycles. The van der Waals surface area contributed by atoms with Crippen molar-refractivity contribution in [3.63, 3.8) is 0 Å². The number of hydrogen-bond acceptors (Lipinski definition) is 6. The Bertz CT molecular complexity index is 1290. The molecule has 0 aromatic carbocycles. The highest BCUT2D eigenvalue weighted by Crippen LogP contribution is 2.15. The van der Waals surface area contributed by atoms with Gasteiger partial charge in [0.1, 0.15) is 13.2 Å². The standard InChI is InChI=1S/C63H110O6/c1-4-7-10-13-16-19-22-25-28-29-30-31-32-33-36-38-41-44-47-50-53-56-62(65)68-59-60(69-63(66)57-54-51-48-45-42-39-35-27-24-21-18-15-12-9-6-3)58-67-61(64)55-52-49-46-43-40-37-34-26-23-20-17-14-11-8-5-2/h17-18,20-22,25-27,29-30,34-35,60H,4-16,19,23-24,28,31-33,36-59H2,1-3H3/b20-17-,21-18-,25-22-,30-29-,34-26-,35-27-. The molecule has 0 spiro atoms. The van der Waals surface area contributed by atoms with E-state index in [0.717, 1.165) is 109 Å². The first kappa shape index (κ1) is 65.8. The van der Waals surface area contributed by atoms with Crippen LogP contribution in [0, 0.1) is 0 Å². The summed E-state index contributed by atoms with van der Waals surface area (Å²) in [5, 5.41) is 0. The second-order valence-electron chi connectivity index (χ2n) is 19.5. The van der Waals surface area contributed by atoms with Crippen LogP contribution < -0.4 is 0 Å². The van der Waals surface area contributed by atoms with Crippen LogP contribution in [0.2, 0.25) is 0 Å². The second kappa shape index (κ2) is 57.4. The number of carbonyl (C=O) groups is 3. The maximum atomic E-state index is 12.8. The summed E-state index contributed by atoms with van der Waals surface area (Å²) in [6, 6.07) is 0. The first-order valence-corrected chi connectivity index (χ1v) is 29.4. The van der Waals surface area contributed by atoms with E-state index in [4.69, 9.17) is 14.2 Å². The first-order valence-electron chi connectivity index (χ1n) is 29.4. The summed E-state index contributed by atoms with van der Waals surface area (Å²) < 4.78 is 16.9. The second-order valence-corrected chi connectivity index (χ2v) is 19.5. The van der Waals surface area contributed by atoms with E-state index in [2.05, 4.69) is 93.7 Å². The van der Waals surface area contributed by atoms with Crippen molar-refractivity contribution in [2.75, 3.05) is 13.2 Å². The van der Waals surface area contributed by atoms with Crippen LogP contribution in [0.25, 0.3) is 0 Å². The third-order valence-corrected chi connectivity index (χ3v) is 12.7. The number of ether oxygens (including phenoxy) is 3. The molecular weight excluding hydrogens is 853 g/mol. The van der Waals surface area contributed by atoms with Crippen molar-refractivity contribution in [3.05, 3.63) is 72.9 Å². The lowest BCUT2D eigenvalue weighted by Gasteiger charge is -2.18. The van der Waals surface area contributed by atoms with Crippen molar-refractivity contribution in [1.29, 1.82) is 0 Å². The van der Waals surface area contributed by atoms with Gasteiger partial charge in [-0.2, -0.15) is 0 Å². The van der Waals surface area contributed by atoms with Crippen LogP contribution in [-0.2, 0) is 28.6 Å². The van der Waals surface area contributed by atoms with Gasteiger partial charge in [0.05, 0.1) is 0 Å². The molecular formula is C63H110O6. The summed E-state index contributed by atoms with van der Waals surface area (Å²) in [4.78, 5) is 38.2. The van der Waals surface area contributed by atoms with E-state index in [1.165, 1.54) is 141 Å². The monoisotopic (exact) mass is 963 g/mol. The maximum absolute atomic E-state index is 12.8. The normalized spacial score (nSPS) is 12.6. The molecule has 0 bridgehead atoms. The minimum Gasteiger partial charge on any atom is -0.462 e. The maximum Gasteiger partial charge on any atom is 0.306 e. The fourth-order valence-corrected chi connectivity index (χ4v) is 8.18. The summed E-state index contributed by atoms with van der Waals surface area (Å²) in [6.45, 7) is 6.57. The summed E-state index contributed by atoms with van der Waals surface area (Å²) in [5.74, 6) is -0.911. The highest BCUT2D eigenvalue weighted by molar-refractivity contribution is 5.71. The van der Waals surface area contributed by atoms with Crippen molar-refractivity contribution < 1.29 is 28.6 Å². The Hall–Kier alpha value is -3.15. The quantitative estimate of drug-likeness (QED) is 0.0262. The van der Waals surface area contributed by atoms with Crippen LogP contribution in [-0.4, -0.2) is 37.2 Å². The predicted molar refractivity (Wildman–Crippen MR) is 298 cm³/mol. The van der Waals surface area contributed by atoms with E-state index < -0.39 is 6.10 Å². The largest absolute Gasteiger partial charge is 0.462 e. The van der Waals surface area contributed by atoms with E-state index in [9.17, 15) is 14.4 Å². The third kappa shape index (κ3) is 55.6. The summed E-state index contributed by atoms with van der Waals surface area (Å²) >= 11 is 0. The number of unbranched alkanes of at least 4 members (excludes halogenated alkanes) is 30. The topological polar surface area (TPSA) is 78.9 Å². The lowest BCUT2D eigenvalue weighted by Crippen LogP contribution is -2.30. The highest BCUT2D eigenvalue weighted by atomic mass is 16.6. The van der Waals surface area contributed by atoms with Crippen molar-refractivity contribution in [1.82, 2.24) is 0 Å². The molecule has 1 atom stereocenters. The molecule has 1 unspecified atom stereocenters. The van der Waals surface area contributed by atoms with E-state index in [1.54, 1.807) is 0 Å². The molecule has 0 aliphatic carbocycles. The van der Waals surface area contributed by atoms with Gasteiger partial charge < -0.3 is 14.2 Å². The molecule has 398 valence electrons. The van der Waals surface area contributed by atoms with Crippen molar-refractivity contribution in [2.24, 2.45) is 0 Å². The lowest BCUT2D eigenvalue weighted by atomic mass is 10.1. The average molecular weight is 964 g/mol. The van der Waals surface area contributed by atoms with Crippen LogP contribution in [0.1, 0.15) is 290 Å². The van der Waals surface area contributed by atoms with Gasteiger partial charge in [-0.3, -0.25) is 14.4 Å². The molecule has 0 rings (SSSR count). The Balaban J connectivity index is 4.39. The molecule has 0 aliphatic rings. The molecule has 0 heterocycles. The molecule has 0 fully saturated rings. The Kier molecular flexibility index (Phi) is 54.8. The Morgan fingerprint density at radius 3 is 0.826 bits per heavy atom. The van der Waals surface area contributed by atoms with Gasteiger partial charge in [0.2, 0.25) is 0 Å². The van der Waals surface area contributed by atoms with Gasteiger partial charge in [-0.05, 0) is 116 Å². The zero-order valence-corrected chi connectivity index (χ0v) is 45.6. The number of carbonyl (C=O) groups excluding carboxylic acids is 3. The summed E-state index contributed by atoms with van der Waals surface area (Å²) in [5.41, 5.74) is 0. The van der Waals surface area contributed by atoms with Crippen LogP contribution in [0.3, 0.4) is 0 Å². The average Bonchev–Trinajstić information content (AvgIpc) is 3.35. The van der Waals surface area contributed by atoms with E-state index in [1.807, 2.05) is 0 Å². The zero-order valence-electron chi connectivity index (χ0n) is 45.6. The summed E-state index contributed by atoms with van der Waals surface area (Å²) in [6.07, 6.45) is 73.1. The molecule has 0 saturated carbocycles. The molecule has 6 nitrogen and oxygen atoms in total. The van der Waals surface area contributed by atoms with E-state index in [0.29, 0.717) is 19.3 Å². The van der Waals surface area contributed by atoms with Gasteiger partial charge in [0.25, 0.3) is 0 Å². The van der Waals surface area contributed by atoms with Crippen LogP contribution in [0.5, 0.6) is 0 Å². The van der Waals surface area contributed by atoms with Crippen LogP contribution >= 0.6 is 0 Å². The minimum atomic E-state index is -0.791. The number of hydrogen-bond donors (Lipinski definition) is 0. The van der Waals surface area contributed by atoms with Gasteiger partial charge in [0, 0.05) is 19.3 Å². The van der Waals surface area contributed by atoms with Gasteiger partial charge in [-0.15, -0.1) is 0 Å². The van der Waals surface area contributed by atoms with E-state index >= 15 is 0 Å². The minimum absolute atomic E-state index is 0.0875. The zero-order chi connectivity index (χ0) is 50.0. The first-order chi connectivity index (χ1) is 34.0. The molecule has 69 heavy (non-hydrogen) atoms. The summed E-state index contributed by atoms with van der Waals surface area (Å²) in [7, 11) is 0.